The summed E-state index contributed by atoms with van der Waals surface area (Å²) in [6.07, 6.45) is -0.303. The molecule has 1 rings (SSSR count). The number of ether oxygens (including phenoxy) is 5. The Labute approximate surface area is 238 Å². The summed E-state index contributed by atoms with van der Waals surface area (Å²) in [6, 6.07) is 3.64. The molecule has 0 saturated carbocycles. The summed E-state index contributed by atoms with van der Waals surface area (Å²) in [7, 11) is 0. The molecule has 0 spiro atoms. The van der Waals surface area contributed by atoms with Crippen LogP contribution in [-0.2, 0) is 35.0 Å². The van der Waals surface area contributed by atoms with Gasteiger partial charge in [-0.2, -0.15) is 0 Å². The molecule has 3 unspecified atom stereocenters. The van der Waals surface area contributed by atoms with E-state index in [0.29, 0.717) is 5.56 Å². The van der Waals surface area contributed by atoms with Crippen LogP contribution in [-0.4, -0.2) is 47.9 Å². The quantitative estimate of drug-likeness (QED) is 0.227. The first kappa shape index (κ1) is 34.9. The molecule has 10 nitrogen and oxygen atoms in total. The number of carbonyl (C=O) groups is 4. The summed E-state index contributed by atoms with van der Waals surface area (Å²) in [6.45, 7) is 16.1. The van der Waals surface area contributed by atoms with Crippen LogP contribution in [0.2, 0.25) is 0 Å². The highest BCUT2D eigenvalue weighted by Crippen LogP contribution is 2.31. The minimum absolute atomic E-state index is 0.0594. The van der Waals surface area contributed by atoms with Gasteiger partial charge in [-0.15, -0.1) is 0 Å². The molecule has 1 aromatic rings. The Balaban J connectivity index is 2.95. The molecular formula is C30H47NO9. The molecule has 5 atom stereocenters. The molecule has 2 N–H and O–H groups in total. The summed E-state index contributed by atoms with van der Waals surface area (Å²) in [4.78, 5) is 49.5. The fourth-order valence-electron chi connectivity index (χ4n) is 3.26. The van der Waals surface area contributed by atoms with Crippen LogP contribution in [0.5, 0.6) is 11.5 Å². The van der Waals surface area contributed by atoms with Gasteiger partial charge in [0.15, 0.2) is 11.5 Å². The normalized spacial score (nSPS) is 15.2. The average molecular weight is 566 g/mol. The molecule has 10 heteroatoms. The van der Waals surface area contributed by atoms with Crippen LogP contribution in [0, 0.1) is 11.8 Å². The Morgan fingerprint density at radius 1 is 0.800 bits per heavy atom. The molecule has 0 heterocycles. The van der Waals surface area contributed by atoms with Gasteiger partial charge in [-0.1, -0.05) is 46.6 Å². The summed E-state index contributed by atoms with van der Waals surface area (Å²) in [5, 5.41) is 0. The van der Waals surface area contributed by atoms with Crippen LogP contribution >= 0.6 is 0 Å². The number of hydrogen-bond donors (Lipinski definition) is 1. The summed E-state index contributed by atoms with van der Waals surface area (Å²) >= 11 is 0. The fraction of sp³-hybridized carbons (Fsp3) is 0.667. The Morgan fingerprint density at radius 2 is 1.30 bits per heavy atom. The van der Waals surface area contributed by atoms with E-state index in [4.69, 9.17) is 29.4 Å². The van der Waals surface area contributed by atoms with E-state index in [-0.39, 0.29) is 42.6 Å². The second kappa shape index (κ2) is 16.2. The number of hydrogen-bond acceptors (Lipinski definition) is 10. The van der Waals surface area contributed by atoms with Gasteiger partial charge in [0.2, 0.25) is 0 Å². The number of nitrogens with two attached hydrogens (primary N) is 1. The van der Waals surface area contributed by atoms with Crippen LogP contribution in [0.1, 0.15) is 93.6 Å². The van der Waals surface area contributed by atoms with Crippen molar-refractivity contribution in [3.05, 3.63) is 23.8 Å². The second-order valence-corrected chi connectivity index (χ2v) is 11.4. The van der Waals surface area contributed by atoms with Crippen molar-refractivity contribution in [3.8, 4) is 11.5 Å². The smallest absolute Gasteiger partial charge is 0.458 e. The number of esters is 3. The van der Waals surface area contributed by atoms with Gasteiger partial charge in [0.25, 0.3) is 0 Å². The molecule has 0 aliphatic rings. The van der Waals surface area contributed by atoms with Crippen LogP contribution in [0.25, 0.3) is 0 Å². The highest BCUT2D eigenvalue weighted by atomic mass is 16.7. The van der Waals surface area contributed by atoms with Gasteiger partial charge in [-0.05, 0) is 70.6 Å². The van der Waals surface area contributed by atoms with Crippen LogP contribution in [0.15, 0.2) is 18.2 Å². The highest BCUT2D eigenvalue weighted by Gasteiger charge is 2.27. The molecule has 0 fully saturated rings. The molecule has 226 valence electrons. The third-order valence-electron chi connectivity index (χ3n) is 6.27. The Kier molecular flexibility index (Phi) is 14.1. The number of carbonyl (C=O) groups excluding carboxylic acids is 4. The van der Waals surface area contributed by atoms with Crippen LogP contribution < -0.4 is 15.2 Å². The lowest BCUT2D eigenvalue weighted by molar-refractivity contribution is -0.156. The maximum Gasteiger partial charge on any atom is 0.509 e. The Bertz CT molecular complexity index is 1000. The topological polar surface area (TPSA) is 140 Å². The molecule has 0 aliphatic heterocycles. The summed E-state index contributed by atoms with van der Waals surface area (Å²) in [5.74, 6) is -1.12. The Morgan fingerprint density at radius 3 is 1.80 bits per heavy atom. The van der Waals surface area contributed by atoms with Gasteiger partial charge >= 0.3 is 24.1 Å². The molecule has 0 bridgehead atoms. The van der Waals surface area contributed by atoms with Gasteiger partial charge < -0.3 is 29.4 Å². The maximum absolute atomic E-state index is 12.7. The zero-order chi connectivity index (χ0) is 30.6. The van der Waals surface area contributed by atoms with Crippen molar-refractivity contribution in [1.82, 2.24) is 0 Å². The molecule has 1 aromatic carbocycles. The molecule has 0 amide bonds. The molecule has 40 heavy (non-hydrogen) atoms. The van der Waals surface area contributed by atoms with Gasteiger partial charge in [-0.25, -0.2) is 4.79 Å². The van der Waals surface area contributed by atoms with Crippen LogP contribution in [0.3, 0.4) is 0 Å². The third kappa shape index (κ3) is 13.3. The first-order chi connectivity index (χ1) is 18.5. The first-order valence-corrected chi connectivity index (χ1v) is 13.9. The monoisotopic (exact) mass is 565 g/mol. The summed E-state index contributed by atoms with van der Waals surface area (Å²) in [5.41, 5.74) is 5.96. The van der Waals surface area contributed by atoms with Crippen LogP contribution in [0.4, 0.5) is 4.79 Å². The van der Waals surface area contributed by atoms with Crippen molar-refractivity contribution in [3.63, 3.8) is 0 Å². The summed E-state index contributed by atoms with van der Waals surface area (Å²) < 4.78 is 26.8. The minimum Gasteiger partial charge on any atom is -0.458 e. The van der Waals surface area contributed by atoms with E-state index in [0.717, 1.165) is 12.8 Å². The second-order valence-electron chi connectivity index (χ2n) is 11.4. The zero-order valence-corrected chi connectivity index (χ0v) is 25.4. The predicted octanol–water partition coefficient (Wildman–Crippen LogP) is 5.51. The Hall–Kier alpha value is -3.14. The lowest BCUT2D eigenvalue weighted by Crippen LogP contribution is -2.40. The van der Waals surface area contributed by atoms with Crippen molar-refractivity contribution < 1.29 is 42.9 Å². The van der Waals surface area contributed by atoms with Gasteiger partial charge in [0.1, 0.15) is 23.9 Å². The van der Waals surface area contributed by atoms with Crippen molar-refractivity contribution in [2.75, 3.05) is 0 Å². The lowest BCUT2D eigenvalue weighted by atomic mass is 10.0. The molecule has 0 aliphatic carbocycles. The number of benzene rings is 1. The lowest BCUT2D eigenvalue weighted by Gasteiger charge is -2.24. The minimum atomic E-state index is -1.06. The zero-order valence-electron chi connectivity index (χ0n) is 25.4. The fourth-order valence-corrected chi connectivity index (χ4v) is 3.26. The van der Waals surface area contributed by atoms with E-state index < -0.39 is 47.9 Å². The first-order valence-electron chi connectivity index (χ1n) is 13.9. The van der Waals surface area contributed by atoms with Crippen molar-refractivity contribution in [2.24, 2.45) is 17.6 Å². The predicted molar refractivity (Wildman–Crippen MR) is 150 cm³/mol. The van der Waals surface area contributed by atoms with E-state index in [1.54, 1.807) is 40.7 Å². The maximum atomic E-state index is 12.7. The van der Waals surface area contributed by atoms with E-state index in [1.165, 1.54) is 12.1 Å². The molecule has 0 radical (unpaired) electrons. The van der Waals surface area contributed by atoms with E-state index >= 15 is 0 Å². The van der Waals surface area contributed by atoms with E-state index in [1.807, 2.05) is 27.7 Å². The van der Waals surface area contributed by atoms with Crippen molar-refractivity contribution in [2.45, 2.75) is 118 Å². The van der Waals surface area contributed by atoms with Crippen molar-refractivity contribution >= 4 is 24.1 Å². The van der Waals surface area contributed by atoms with Gasteiger partial charge in [-0.3, -0.25) is 14.4 Å². The largest absolute Gasteiger partial charge is 0.509 e. The van der Waals surface area contributed by atoms with Gasteiger partial charge in [0.05, 0.1) is 0 Å². The van der Waals surface area contributed by atoms with E-state index in [2.05, 4.69) is 0 Å². The SMILES string of the molecule is CCC(C)CC(=O)Oc1ccc(C[C@H](N)C(=O)O[C@@H](C)C(C)OC(=O)OC(C)(C)C)cc1OC(=O)CC(C)CC. The molecule has 0 aromatic heterocycles. The third-order valence-corrected chi connectivity index (χ3v) is 6.27. The van der Waals surface area contributed by atoms with E-state index in [9.17, 15) is 19.2 Å². The number of rotatable bonds is 14. The molecule has 0 saturated heterocycles. The highest BCUT2D eigenvalue weighted by molar-refractivity contribution is 5.77. The van der Waals surface area contributed by atoms with Gasteiger partial charge in [0, 0.05) is 12.8 Å². The standard InChI is InChI=1S/C30H47NO9/c1-10-18(3)14-26(32)38-24-13-12-22(17-25(24)39-27(33)15-19(4)11-2)16-23(31)28(34)36-20(5)21(6)37-29(35)40-30(7,8)9/h12-13,17-21,23H,10-11,14-16,31H2,1-9H3/t18?,19?,20-,21?,23-/m0/s1. The average Bonchev–Trinajstić information content (AvgIpc) is 2.83. The molecular weight excluding hydrogens is 518 g/mol. The van der Waals surface area contributed by atoms with Crippen molar-refractivity contribution in [1.29, 1.82) is 0 Å².